The molecule has 40 heavy (non-hydrogen) atoms. The highest BCUT2D eigenvalue weighted by molar-refractivity contribution is 7.92. The van der Waals surface area contributed by atoms with Crippen molar-refractivity contribution < 1.29 is 22.7 Å². The fourth-order valence-electron chi connectivity index (χ4n) is 4.24. The number of ether oxygens (including phenoxy) is 1. The molecule has 0 bridgehead atoms. The summed E-state index contributed by atoms with van der Waals surface area (Å²) in [5.41, 5.74) is 2.98. The van der Waals surface area contributed by atoms with Gasteiger partial charge in [-0.3, -0.25) is 13.9 Å². The van der Waals surface area contributed by atoms with E-state index in [1.165, 1.54) is 24.1 Å². The van der Waals surface area contributed by atoms with E-state index >= 15 is 0 Å². The number of rotatable bonds is 12. The monoisotopic (exact) mass is 565 g/mol. The van der Waals surface area contributed by atoms with E-state index in [0.29, 0.717) is 5.75 Å². The molecule has 2 unspecified atom stereocenters. The van der Waals surface area contributed by atoms with Gasteiger partial charge in [-0.05, 0) is 63.9 Å². The SMILES string of the molecule is CCC(C)NC(=O)C(C)N(Cc1cccc(C)c1)C(=O)CN(c1ccccc1OC)S(=O)(=O)c1ccc(C)cc1. The molecule has 0 aromatic heterocycles. The number of anilines is 1. The molecule has 9 heteroatoms. The maximum atomic E-state index is 14.0. The fraction of sp³-hybridized carbons (Fsp3) is 0.355. The van der Waals surface area contributed by atoms with Gasteiger partial charge in [0.2, 0.25) is 11.8 Å². The smallest absolute Gasteiger partial charge is 0.264 e. The predicted octanol–water partition coefficient (Wildman–Crippen LogP) is 4.84. The predicted molar refractivity (Wildman–Crippen MR) is 158 cm³/mol. The van der Waals surface area contributed by atoms with E-state index in [4.69, 9.17) is 4.74 Å². The molecule has 3 rings (SSSR count). The highest BCUT2D eigenvalue weighted by Crippen LogP contribution is 2.32. The van der Waals surface area contributed by atoms with Gasteiger partial charge < -0.3 is 15.0 Å². The first-order valence-electron chi connectivity index (χ1n) is 13.4. The second-order valence-electron chi connectivity index (χ2n) is 10.0. The molecule has 0 aliphatic heterocycles. The van der Waals surface area contributed by atoms with Crippen molar-refractivity contribution in [1.82, 2.24) is 10.2 Å². The Balaban J connectivity index is 2.06. The van der Waals surface area contributed by atoms with E-state index in [2.05, 4.69) is 5.32 Å². The molecule has 0 saturated carbocycles. The van der Waals surface area contributed by atoms with E-state index < -0.39 is 28.5 Å². The highest BCUT2D eigenvalue weighted by atomic mass is 32.2. The van der Waals surface area contributed by atoms with Crippen LogP contribution in [0.5, 0.6) is 5.75 Å². The van der Waals surface area contributed by atoms with Crippen molar-refractivity contribution in [2.75, 3.05) is 18.0 Å². The van der Waals surface area contributed by atoms with Crippen molar-refractivity contribution in [3.63, 3.8) is 0 Å². The molecule has 0 saturated heterocycles. The van der Waals surface area contributed by atoms with E-state index in [1.807, 2.05) is 52.0 Å². The van der Waals surface area contributed by atoms with E-state index in [9.17, 15) is 18.0 Å². The van der Waals surface area contributed by atoms with Crippen LogP contribution in [0.3, 0.4) is 0 Å². The first-order valence-corrected chi connectivity index (χ1v) is 14.8. The molecule has 0 aliphatic carbocycles. The zero-order chi connectivity index (χ0) is 29.4. The number of carbonyl (C=O) groups is 2. The number of benzene rings is 3. The molecule has 3 aromatic carbocycles. The third-order valence-electron chi connectivity index (χ3n) is 6.85. The molecular formula is C31H39N3O5S. The van der Waals surface area contributed by atoms with Gasteiger partial charge in [-0.2, -0.15) is 0 Å². The lowest BCUT2D eigenvalue weighted by Gasteiger charge is -2.33. The summed E-state index contributed by atoms with van der Waals surface area (Å²) in [6.07, 6.45) is 0.737. The van der Waals surface area contributed by atoms with Crippen molar-refractivity contribution in [1.29, 1.82) is 0 Å². The Labute approximate surface area is 238 Å². The van der Waals surface area contributed by atoms with Gasteiger partial charge in [0.05, 0.1) is 17.7 Å². The van der Waals surface area contributed by atoms with Crippen molar-refractivity contribution in [2.45, 2.75) is 64.6 Å². The second kappa shape index (κ2) is 13.5. The van der Waals surface area contributed by atoms with Crippen LogP contribution < -0.4 is 14.4 Å². The van der Waals surface area contributed by atoms with Crippen LogP contribution in [0.2, 0.25) is 0 Å². The zero-order valence-corrected chi connectivity index (χ0v) is 24.9. The first-order chi connectivity index (χ1) is 19.0. The number of nitrogens with zero attached hydrogens (tertiary/aromatic N) is 2. The maximum absolute atomic E-state index is 14.0. The van der Waals surface area contributed by atoms with Crippen LogP contribution in [-0.4, -0.2) is 50.9 Å². The van der Waals surface area contributed by atoms with Crippen LogP contribution in [0.4, 0.5) is 5.69 Å². The van der Waals surface area contributed by atoms with Gasteiger partial charge in [0.1, 0.15) is 18.3 Å². The average Bonchev–Trinajstić information content (AvgIpc) is 2.94. The average molecular weight is 566 g/mol. The number of nitrogens with one attached hydrogen (secondary N) is 1. The minimum absolute atomic E-state index is 0.0459. The molecular weight excluding hydrogens is 526 g/mol. The number of methoxy groups -OCH3 is 1. The van der Waals surface area contributed by atoms with Crippen LogP contribution in [0.25, 0.3) is 0 Å². The summed E-state index contributed by atoms with van der Waals surface area (Å²) in [7, 11) is -2.73. The van der Waals surface area contributed by atoms with Gasteiger partial charge in [0.25, 0.3) is 10.0 Å². The van der Waals surface area contributed by atoms with Crippen LogP contribution in [0.15, 0.2) is 77.7 Å². The van der Waals surface area contributed by atoms with Crippen LogP contribution >= 0.6 is 0 Å². The minimum Gasteiger partial charge on any atom is -0.495 e. The summed E-state index contributed by atoms with van der Waals surface area (Å²) < 4.78 is 34.5. The summed E-state index contributed by atoms with van der Waals surface area (Å²) in [6.45, 7) is 8.96. The number of hydrogen-bond donors (Lipinski definition) is 1. The third-order valence-corrected chi connectivity index (χ3v) is 8.62. The Hall–Kier alpha value is -3.85. The molecule has 214 valence electrons. The number of sulfonamides is 1. The number of para-hydroxylation sites is 2. The first kappa shape index (κ1) is 30.7. The van der Waals surface area contributed by atoms with Gasteiger partial charge in [-0.15, -0.1) is 0 Å². The van der Waals surface area contributed by atoms with E-state index in [1.54, 1.807) is 43.3 Å². The summed E-state index contributed by atoms with van der Waals surface area (Å²) in [4.78, 5) is 28.7. The topological polar surface area (TPSA) is 96.0 Å². The van der Waals surface area contributed by atoms with E-state index in [0.717, 1.165) is 27.4 Å². The summed E-state index contributed by atoms with van der Waals surface area (Å²) in [5, 5.41) is 2.94. The molecule has 2 atom stereocenters. The number of aryl methyl sites for hydroxylation is 2. The van der Waals surface area contributed by atoms with Gasteiger partial charge in [-0.25, -0.2) is 8.42 Å². The summed E-state index contributed by atoms with van der Waals surface area (Å²) in [5.74, 6) is -0.519. The molecule has 0 aliphatic rings. The Morgan fingerprint density at radius 1 is 0.925 bits per heavy atom. The zero-order valence-electron chi connectivity index (χ0n) is 24.0. The molecule has 0 spiro atoms. The quantitative estimate of drug-likeness (QED) is 0.339. The van der Waals surface area contributed by atoms with Crippen LogP contribution in [0, 0.1) is 13.8 Å². The third kappa shape index (κ3) is 7.41. The summed E-state index contributed by atoms with van der Waals surface area (Å²) in [6, 6.07) is 19.9. The fourth-order valence-corrected chi connectivity index (χ4v) is 5.67. The Morgan fingerprint density at radius 2 is 1.60 bits per heavy atom. The lowest BCUT2D eigenvalue weighted by molar-refractivity contribution is -0.139. The largest absolute Gasteiger partial charge is 0.495 e. The highest BCUT2D eigenvalue weighted by Gasteiger charge is 2.34. The van der Waals surface area contributed by atoms with E-state index in [-0.39, 0.29) is 29.1 Å². The van der Waals surface area contributed by atoms with Crippen LogP contribution in [0.1, 0.15) is 43.9 Å². The number of carbonyl (C=O) groups excluding carboxylic acids is 2. The van der Waals surface area contributed by atoms with Crippen LogP contribution in [-0.2, 0) is 26.2 Å². The normalized spacial score (nSPS) is 12.8. The lowest BCUT2D eigenvalue weighted by atomic mass is 10.1. The number of hydrogen-bond acceptors (Lipinski definition) is 5. The molecule has 0 heterocycles. The maximum Gasteiger partial charge on any atom is 0.264 e. The Morgan fingerprint density at radius 3 is 2.23 bits per heavy atom. The van der Waals surface area contributed by atoms with Crippen molar-refractivity contribution in [3.05, 3.63) is 89.5 Å². The molecule has 0 fully saturated rings. The molecule has 2 amide bonds. The second-order valence-corrected chi connectivity index (χ2v) is 11.9. The van der Waals surface area contributed by atoms with Gasteiger partial charge in [-0.1, -0.05) is 66.6 Å². The van der Waals surface area contributed by atoms with Gasteiger partial charge >= 0.3 is 0 Å². The molecule has 3 aromatic rings. The van der Waals surface area contributed by atoms with Crippen molar-refractivity contribution >= 4 is 27.5 Å². The van der Waals surface area contributed by atoms with Gasteiger partial charge in [0.15, 0.2) is 0 Å². The Bertz CT molecular complexity index is 1420. The molecule has 8 nitrogen and oxygen atoms in total. The minimum atomic E-state index is -4.18. The van der Waals surface area contributed by atoms with Crippen molar-refractivity contribution in [3.8, 4) is 5.75 Å². The van der Waals surface area contributed by atoms with Gasteiger partial charge in [0, 0.05) is 12.6 Å². The summed E-state index contributed by atoms with van der Waals surface area (Å²) >= 11 is 0. The lowest BCUT2D eigenvalue weighted by Crippen LogP contribution is -2.52. The number of amides is 2. The Kier molecular flexibility index (Phi) is 10.3. The standard InChI is InChI=1S/C31H39N3O5S/c1-7-24(4)32-31(36)25(5)33(20-26-12-10-11-23(3)19-26)30(35)21-34(28-13-8-9-14-29(28)39-6)40(37,38)27-17-15-22(2)16-18-27/h8-19,24-25H,7,20-21H2,1-6H3,(H,32,36). The molecule has 0 radical (unpaired) electrons. The van der Waals surface area contributed by atoms with Crippen molar-refractivity contribution in [2.24, 2.45) is 0 Å². The molecule has 1 N–H and O–H groups in total.